The Morgan fingerprint density at radius 2 is 1.96 bits per heavy atom. The van der Waals surface area contributed by atoms with Crippen molar-refractivity contribution in [1.29, 1.82) is 0 Å². The molecule has 0 spiro atoms. The lowest BCUT2D eigenvalue weighted by Gasteiger charge is -2.14. The Balaban J connectivity index is 2.00. The minimum absolute atomic E-state index is 0.124. The fraction of sp³-hybridized carbons (Fsp3) is 0.263. The van der Waals surface area contributed by atoms with Crippen LogP contribution in [0.1, 0.15) is 36.5 Å². The Morgan fingerprint density at radius 3 is 2.63 bits per heavy atom. The second-order valence-electron chi connectivity index (χ2n) is 6.24. The van der Waals surface area contributed by atoms with Crippen molar-refractivity contribution in [2.45, 2.75) is 26.7 Å². The lowest BCUT2D eigenvalue weighted by molar-refractivity contribution is -0.123. The maximum Gasteiger partial charge on any atom is 0.277 e. The number of carbonyl (C=O) groups is 1. The molecule has 2 aromatic carbocycles. The Kier molecular flexibility index (Phi) is 7.26. The molecule has 0 fully saturated rings. The predicted octanol–water partition coefficient (Wildman–Crippen LogP) is 4.58. The lowest BCUT2D eigenvalue weighted by atomic mass is 10.0. The molecule has 0 unspecified atom stereocenters. The van der Waals surface area contributed by atoms with Crippen LogP contribution in [-0.2, 0) is 4.79 Å². The van der Waals surface area contributed by atoms with Gasteiger partial charge in [-0.2, -0.15) is 5.10 Å². The summed E-state index contributed by atoms with van der Waals surface area (Å²) in [5, 5.41) is 23.5. The van der Waals surface area contributed by atoms with E-state index in [1.807, 2.05) is 25.1 Å². The maximum absolute atomic E-state index is 12.0. The first-order valence-electron chi connectivity index (χ1n) is 8.15. The van der Waals surface area contributed by atoms with Crippen molar-refractivity contribution in [2.24, 2.45) is 5.10 Å². The molecule has 0 saturated carbocycles. The third kappa shape index (κ3) is 5.46. The molecule has 2 aromatic rings. The van der Waals surface area contributed by atoms with Crippen LogP contribution in [0.25, 0.3) is 0 Å². The normalized spacial score (nSPS) is 11.2. The number of carbonyl (C=O) groups excluding carboxylic acids is 1. The van der Waals surface area contributed by atoms with Gasteiger partial charge in [-0.3, -0.25) is 4.79 Å². The van der Waals surface area contributed by atoms with E-state index < -0.39 is 5.91 Å². The molecule has 0 aliphatic heterocycles. The number of aromatic hydroxyl groups is 2. The highest BCUT2D eigenvalue weighted by atomic mass is 79.9. The van der Waals surface area contributed by atoms with Crippen LogP contribution >= 0.6 is 31.9 Å². The molecule has 0 aromatic heterocycles. The summed E-state index contributed by atoms with van der Waals surface area (Å²) in [6.07, 6.45) is 1.27. The van der Waals surface area contributed by atoms with Crippen LogP contribution in [0, 0.1) is 6.92 Å². The Hall–Kier alpha value is -2.06. The van der Waals surface area contributed by atoms with Crippen LogP contribution in [0.5, 0.6) is 17.2 Å². The number of rotatable bonds is 6. The van der Waals surface area contributed by atoms with Crippen LogP contribution < -0.4 is 10.2 Å². The van der Waals surface area contributed by atoms with Crippen LogP contribution in [0.2, 0.25) is 0 Å². The Labute approximate surface area is 174 Å². The van der Waals surface area contributed by atoms with Crippen molar-refractivity contribution in [1.82, 2.24) is 5.43 Å². The molecule has 3 N–H and O–H groups in total. The first-order valence-corrected chi connectivity index (χ1v) is 9.74. The molecule has 0 atom stereocenters. The summed E-state index contributed by atoms with van der Waals surface area (Å²) < 4.78 is 6.15. The van der Waals surface area contributed by atoms with Gasteiger partial charge in [-0.1, -0.05) is 26.0 Å². The summed E-state index contributed by atoms with van der Waals surface area (Å²) in [6, 6.07) is 7.38. The number of amides is 1. The molecule has 0 radical (unpaired) electrons. The standard InChI is InChI=1S/C19H20Br2N2O4/c1-10(2)13-5-4-11(3)6-15(13)27-9-16(24)23-22-8-12-7-14(20)19(26)17(21)18(12)25/h4-8,10,25-26H,9H2,1-3H3,(H,23,24)/b22-8-. The van der Waals surface area contributed by atoms with Gasteiger partial charge in [0.1, 0.15) is 21.7 Å². The van der Waals surface area contributed by atoms with E-state index in [1.54, 1.807) is 0 Å². The number of phenols is 2. The van der Waals surface area contributed by atoms with Gasteiger partial charge in [0, 0.05) is 5.56 Å². The molecule has 8 heteroatoms. The summed E-state index contributed by atoms with van der Waals surface area (Å²) in [6.45, 7) is 5.89. The minimum atomic E-state index is -0.432. The zero-order valence-corrected chi connectivity index (χ0v) is 18.3. The SMILES string of the molecule is Cc1ccc(C(C)C)c(OCC(=O)N/N=C\c2cc(Br)c(O)c(Br)c2O)c1. The number of halogens is 2. The first-order chi connectivity index (χ1) is 12.7. The molecule has 0 bridgehead atoms. The van der Waals surface area contributed by atoms with Gasteiger partial charge in [-0.25, -0.2) is 5.43 Å². The van der Waals surface area contributed by atoms with Crippen LogP contribution in [0.4, 0.5) is 0 Å². The Bertz CT molecular complexity index is 882. The average molecular weight is 500 g/mol. The Morgan fingerprint density at radius 1 is 1.26 bits per heavy atom. The molecule has 6 nitrogen and oxygen atoms in total. The largest absolute Gasteiger partial charge is 0.506 e. The fourth-order valence-electron chi connectivity index (χ4n) is 2.31. The minimum Gasteiger partial charge on any atom is -0.506 e. The molecule has 144 valence electrons. The van der Waals surface area contributed by atoms with Gasteiger partial charge < -0.3 is 14.9 Å². The topological polar surface area (TPSA) is 91.2 Å². The van der Waals surface area contributed by atoms with E-state index in [0.717, 1.165) is 11.1 Å². The predicted molar refractivity (Wildman–Crippen MR) is 112 cm³/mol. The number of hydrogen-bond acceptors (Lipinski definition) is 5. The van der Waals surface area contributed by atoms with Crippen LogP contribution in [0.3, 0.4) is 0 Å². The summed E-state index contributed by atoms with van der Waals surface area (Å²) in [4.78, 5) is 12.0. The highest BCUT2D eigenvalue weighted by Crippen LogP contribution is 2.40. The van der Waals surface area contributed by atoms with Crippen molar-refractivity contribution >= 4 is 44.0 Å². The van der Waals surface area contributed by atoms with E-state index in [2.05, 4.69) is 56.2 Å². The summed E-state index contributed by atoms with van der Waals surface area (Å²) in [5.74, 6) is 0.204. The smallest absolute Gasteiger partial charge is 0.277 e. The van der Waals surface area contributed by atoms with E-state index in [1.165, 1.54) is 12.3 Å². The number of hydrazone groups is 1. The van der Waals surface area contributed by atoms with Crippen LogP contribution in [0.15, 0.2) is 38.3 Å². The highest BCUT2D eigenvalue weighted by Gasteiger charge is 2.13. The van der Waals surface area contributed by atoms with E-state index in [0.29, 0.717) is 15.8 Å². The van der Waals surface area contributed by atoms with Crippen LogP contribution in [-0.4, -0.2) is 28.9 Å². The summed E-state index contributed by atoms with van der Waals surface area (Å²) in [7, 11) is 0. The van der Waals surface area contributed by atoms with E-state index in [4.69, 9.17) is 4.74 Å². The molecule has 27 heavy (non-hydrogen) atoms. The van der Waals surface area contributed by atoms with E-state index in [9.17, 15) is 15.0 Å². The van der Waals surface area contributed by atoms with E-state index in [-0.39, 0.29) is 28.5 Å². The second kappa shape index (κ2) is 9.23. The molecule has 0 heterocycles. The molecular formula is C19H20Br2N2O4. The quantitative estimate of drug-likeness (QED) is 0.400. The number of hydrogen-bond donors (Lipinski definition) is 3. The number of nitrogens with zero attached hydrogens (tertiary/aromatic N) is 1. The van der Waals surface area contributed by atoms with Crippen molar-refractivity contribution in [2.75, 3.05) is 6.61 Å². The number of phenolic OH excluding ortho intramolecular Hbond substituents is 2. The number of nitrogens with one attached hydrogen (secondary N) is 1. The maximum atomic E-state index is 12.0. The molecular weight excluding hydrogens is 480 g/mol. The van der Waals surface area contributed by atoms with Gasteiger partial charge in [0.05, 0.1) is 10.7 Å². The average Bonchev–Trinajstić information content (AvgIpc) is 2.62. The zero-order chi connectivity index (χ0) is 20.1. The van der Waals surface area contributed by atoms with E-state index >= 15 is 0 Å². The molecule has 0 aliphatic carbocycles. The third-order valence-corrected chi connectivity index (χ3v) is 5.10. The van der Waals surface area contributed by atoms with Crippen molar-refractivity contribution in [3.63, 3.8) is 0 Å². The molecule has 0 saturated heterocycles. The molecule has 0 aliphatic rings. The summed E-state index contributed by atoms with van der Waals surface area (Å²) in [5.41, 5.74) is 4.74. The highest BCUT2D eigenvalue weighted by molar-refractivity contribution is 9.11. The van der Waals surface area contributed by atoms with Gasteiger partial charge >= 0.3 is 0 Å². The number of benzene rings is 2. The second-order valence-corrected chi connectivity index (χ2v) is 7.88. The first kappa shape index (κ1) is 21.2. The van der Waals surface area contributed by atoms with Crippen molar-refractivity contribution in [3.8, 4) is 17.2 Å². The van der Waals surface area contributed by atoms with Gasteiger partial charge in [-0.15, -0.1) is 0 Å². The molecule has 2 rings (SSSR count). The van der Waals surface area contributed by atoms with Gasteiger partial charge in [0.15, 0.2) is 6.61 Å². The van der Waals surface area contributed by atoms with Gasteiger partial charge in [0.25, 0.3) is 5.91 Å². The number of ether oxygens (including phenoxy) is 1. The van der Waals surface area contributed by atoms with Gasteiger partial charge in [-0.05, 0) is 68.0 Å². The summed E-state index contributed by atoms with van der Waals surface area (Å²) >= 11 is 6.24. The third-order valence-electron chi connectivity index (χ3n) is 3.74. The fourth-order valence-corrected chi connectivity index (χ4v) is 3.46. The van der Waals surface area contributed by atoms with Crippen molar-refractivity contribution < 1.29 is 19.7 Å². The van der Waals surface area contributed by atoms with Crippen molar-refractivity contribution in [3.05, 3.63) is 49.9 Å². The monoisotopic (exact) mass is 498 g/mol. The molecule has 1 amide bonds. The lowest BCUT2D eigenvalue weighted by Crippen LogP contribution is -2.25. The van der Waals surface area contributed by atoms with Gasteiger partial charge in [0.2, 0.25) is 0 Å². The number of aryl methyl sites for hydroxylation is 1. The zero-order valence-electron chi connectivity index (χ0n) is 15.1.